The number of nitrogens with zero attached hydrogens (tertiary/aromatic N) is 1. The van der Waals surface area contributed by atoms with Crippen LogP contribution in [-0.2, 0) is 6.54 Å². The second kappa shape index (κ2) is 6.19. The predicted octanol–water partition coefficient (Wildman–Crippen LogP) is 4.63. The van der Waals surface area contributed by atoms with Crippen LogP contribution in [0.3, 0.4) is 0 Å². The van der Waals surface area contributed by atoms with Gasteiger partial charge in [-0.25, -0.2) is 0 Å². The summed E-state index contributed by atoms with van der Waals surface area (Å²) in [5, 5.41) is 4.20. The summed E-state index contributed by atoms with van der Waals surface area (Å²) in [4.78, 5) is 2.01. The minimum absolute atomic E-state index is 0.765. The second-order valence-corrected chi connectivity index (χ2v) is 5.75. The van der Waals surface area contributed by atoms with Crippen molar-refractivity contribution in [1.82, 2.24) is 0 Å². The SMILES string of the molecule is Cc1ccc(C)c(CNc2ccc(N(C)C)c(Cl)c2)c1. The molecule has 0 aliphatic carbocycles. The number of nitrogens with one attached hydrogen (secondary N) is 1. The van der Waals surface area contributed by atoms with Crippen LogP contribution in [0.2, 0.25) is 5.02 Å². The predicted molar refractivity (Wildman–Crippen MR) is 89.0 cm³/mol. The average Bonchev–Trinajstić information content (AvgIpc) is 2.39. The molecule has 0 unspecified atom stereocenters. The van der Waals surface area contributed by atoms with E-state index in [0.29, 0.717) is 0 Å². The first-order valence-corrected chi connectivity index (χ1v) is 7.12. The maximum Gasteiger partial charge on any atom is 0.0659 e. The Morgan fingerprint density at radius 3 is 2.45 bits per heavy atom. The second-order valence-electron chi connectivity index (χ2n) is 5.34. The van der Waals surface area contributed by atoms with Crippen molar-refractivity contribution in [2.75, 3.05) is 24.3 Å². The molecule has 0 amide bonds. The number of anilines is 2. The van der Waals surface area contributed by atoms with E-state index in [1.54, 1.807) is 0 Å². The molecule has 0 bridgehead atoms. The van der Waals surface area contributed by atoms with Gasteiger partial charge >= 0.3 is 0 Å². The summed E-state index contributed by atoms with van der Waals surface area (Å²) >= 11 is 6.28. The topological polar surface area (TPSA) is 15.3 Å². The molecule has 0 aromatic heterocycles. The van der Waals surface area contributed by atoms with Crippen LogP contribution < -0.4 is 10.2 Å². The van der Waals surface area contributed by atoms with Crippen molar-refractivity contribution in [3.63, 3.8) is 0 Å². The van der Waals surface area contributed by atoms with Gasteiger partial charge in [0.15, 0.2) is 0 Å². The van der Waals surface area contributed by atoms with Gasteiger partial charge in [0.2, 0.25) is 0 Å². The summed E-state index contributed by atoms with van der Waals surface area (Å²) in [5.41, 5.74) is 5.98. The average molecular weight is 289 g/mol. The Morgan fingerprint density at radius 2 is 1.80 bits per heavy atom. The number of rotatable bonds is 4. The van der Waals surface area contributed by atoms with Crippen LogP contribution in [0.1, 0.15) is 16.7 Å². The number of hydrogen-bond acceptors (Lipinski definition) is 2. The molecule has 2 rings (SSSR count). The van der Waals surface area contributed by atoms with Crippen molar-refractivity contribution >= 4 is 23.0 Å². The zero-order valence-corrected chi connectivity index (χ0v) is 13.3. The Labute approximate surface area is 126 Å². The van der Waals surface area contributed by atoms with Crippen LogP contribution in [0, 0.1) is 13.8 Å². The molecule has 2 aromatic rings. The Hall–Kier alpha value is -1.67. The molecular formula is C17H21ClN2. The molecule has 0 radical (unpaired) electrons. The zero-order valence-electron chi connectivity index (χ0n) is 12.5. The van der Waals surface area contributed by atoms with Gasteiger partial charge in [-0.15, -0.1) is 0 Å². The Bertz CT molecular complexity index is 606. The van der Waals surface area contributed by atoms with E-state index >= 15 is 0 Å². The zero-order chi connectivity index (χ0) is 14.7. The van der Waals surface area contributed by atoms with E-state index < -0.39 is 0 Å². The minimum atomic E-state index is 0.765. The first-order valence-electron chi connectivity index (χ1n) is 6.74. The van der Waals surface area contributed by atoms with Crippen LogP contribution >= 0.6 is 11.6 Å². The molecular weight excluding hydrogens is 268 g/mol. The summed E-state index contributed by atoms with van der Waals surface area (Å²) in [6.45, 7) is 5.06. The van der Waals surface area contributed by atoms with Crippen molar-refractivity contribution in [3.05, 3.63) is 58.1 Å². The summed E-state index contributed by atoms with van der Waals surface area (Å²) in [6.07, 6.45) is 0. The van der Waals surface area contributed by atoms with Gasteiger partial charge in [0.25, 0.3) is 0 Å². The van der Waals surface area contributed by atoms with Crippen LogP contribution in [0.25, 0.3) is 0 Å². The molecule has 20 heavy (non-hydrogen) atoms. The highest BCUT2D eigenvalue weighted by molar-refractivity contribution is 6.33. The van der Waals surface area contributed by atoms with E-state index in [-0.39, 0.29) is 0 Å². The molecule has 3 heteroatoms. The molecule has 0 fully saturated rings. The first kappa shape index (κ1) is 14.7. The standard InChI is InChI=1S/C17H21ClN2/c1-12-5-6-13(2)14(9-12)11-19-15-7-8-17(20(3)4)16(18)10-15/h5-10,19H,11H2,1-4H3. The molecule has 0 heterocycles. The highest BCUT2D eigenvalue weighted by Crippen LogP contribution is 2.27. The molecule has 0 saturated carbocycles. The molecule has 0 aliphatic heterocycles. The van der Waals surface area contributed by atoms with E-state index in [2.05, 4.69) is 43.4 Å². The third-order valence-corrected chi connectivity index (χ3v) is 3.72. The van der Waals surface area contributed by atoms with Crippen LogP contribution in [0.5, 0.6) is 0 Å². The molecule has 0 spiro atoms. The maximum absolute atomic E-state index is 6.28. The molecule has 106 valence electrons. The quantitative estimate of drug-likeness (QED) is 0.882. The van der Waals surface area contributed by atoms with Gasteiger partial charge in [0, 0.05) is 26.3 Å². The number of hydrogen-bond donors (Lipinski definition) is 1. The van der Waals surface area contributed by atoms with Crippen LogP contribution in [-0.4, -0.2) is 14.1 Å². The fourth-order valence-electron chi connectivity index (χ4n) is 2.17. The van der Waals surface area contributed by atoms with Crippen molar-refractivity contribution in [3.8, 4) is 0 Å². The van der Waals surface area contributed by atoms with Crippen molar-refractivity contribution in [2.45, 2.75) is 20.4 Å². The first-order chi connectivity index (χ1) is 9.47. The molecule has 2 nitrogen and oxygen atoms in total. The smallest absolute Gasteiger partial charge is 0.0659 e. The van der Waals surface area contributed by atoms with E-state index in [1.165, 1.54) is 16.7 Å². The lowest BCUT2D eigenvalue weighted by atomic mass is 10.1. The summed E-state index contributed by atoms with van der Waals surface area (Å²) in [7, 11) is 3.98. The van der Waals surface area contributed by atoms with Gasteiger partial charge in [-0.05, 0) is 43.2 Å². The highest BCUT2D eigenvalue weighted by Gasteiger charge is 2.04. The lowest BCUT2D eigenvalue weighted by Crippen LogP contribution is -2.09. The van der Waals surface area contributed by atoms with E-state index in [9.17, 15) is 0 Å². The molecule has 2 aromatic carbocycles. The monoisotopic (exact) mass is 288 g/mol. The third kappa shape index (κ3) is 3.45. The van der Waals surface area contributed by atoms with Crippen LogP contribution in [0.4, 0.5) is 11.4 Å². The van der Waals surface area contributed by atoms with Gasteiger partial charge < -0.3 is 10.2 Å². The minimum Gasteiger partial charge on any atom is -0.381 e. The lowest BCUT2D eigenvalue weighted by Gasteiger charge is -2.16. The van der Waals surface area contributed by atoms with E-state index in [0.717, 1.165) is 22.9 Å². The molecule has 1 N–H and O–H groups in total. The lowest BCUT2D eigenvalue weighted by molar-refractivity contribution is 1.10. The van der Waals surface area contributed by atoms with Gasteiger partial charge in [0.1, 0.15) is 0 Å². The van der Waals surface area contributed by atoms with Gasteiger partial charge in [-0.3, -0.25) is 0 Å². The van der Waals surface area contributed by atoms with Gasteiger partial charge in [-0.1, -0.05) is 35.4 Å². The number of halogens is 1. The summed E-state index contributed by atoms with van der Waals surface area (Å²) in [5.74, 6) is 0. The van der Waals surface area contributed by atoms with Crippen molar-refractivity contribution in [2.24, 2.45) is 0 Å². The number of benzene rings is 2. The summed E-state index contributed by atoms with van der Waals surface area (Å²) < 4.78 is 0. The normalized spacial score (nSPS) is 10.4. The fourth-order valence-corrected chi connectivity index (χ4v) is 2.52. The van der Waals surface area contributed by atoms with Gasteiger partial charge in [-0.2, -0.15) is 0 Å². The van der Waals surface area contributed by atoms with E-state index in [1.807, 2.05) is 31.1 Å². The molecule has 0 aliphatic rings. The Balaban J connectivity index is 2.11. The van der Waals surface area contributed by atoms with Crippen molar-refractivity contribution < 1.29 is 0 Å². The maximum atomic E-state index is 6.28. The van der Waals surface area contributed by atoms with Crippen molar-refractivity contribution in [1.29, 1.82) is 0 Å². The largest absolute Gasteiger partial charge is 0.381 e. The molecule has 0 saturated heterocycles. The highest BCUT2D eigenvalue weighted by atomic mass is 35.5. The molecule has 0 atom stereocenters. The fraction of sp³-hybridized carbons (Fsp3) is 0.294. The Kier molecular flexibility index (Phi) is 4.56. The summed E-state index contributed by atoms with van der Waals surface area (Å²) in [6, 6.07) is 12.6. The van der Waals surface area contributed by atoms with E-state index in [4.69, 9.17) is 11.6 Å². The number of aryl methyl sites for hydroxylation is 2. The third-order valence-electron chi connectivity index (χ3n) is 3.42. The Morgan fingerprint density at radius 1 is 1.05 bits per heavy atom. The van der Waals surface area contributed by atoms with Crippen LogP contribution in [0.15, 0.2) is 36.4 Å². The van der Waals surface area contributed by atoms with Gasteiger partial charge in [0.05, 0.1) is 10.7 Å².